The molecule has 0 aliphatic carbocycles. The fourth-order valence-corrected chi connectivity index (χ4v) is 4.60. The van der Waals surface area contributed by atoms with Crippen LogP contribution in [0, 0.1) is 0 Å². The van der Waals surface area contributed by atoms with Crippen molar-refractivity contribution in [2.75, 3.05) is 13.1 Å². The maximum absolute atomic E-state index is 10.7. The minimum Gasteiger partial charge on any atom is -0.452 e. The highest BCUT2D eigenvalue weighted by Gasteiger charge is 2.44. The highest BCUT2D eigenvalue weighted by molar-refractivity contribution is 6.30. The zero-order valence-electron chi connectivity index (χ0n) is 16.1. The van der Waals surface area contributed by atoms with Crippen molar-refractivity contribution in [3.63, 3.8) is 0 Å². The number of halogens is 1. The molecule has 2 atom stereocenters. The van der Waals surface area contributed by atoms with Gasteiger partial charge in [-0.3, -0.25) is 0 Å². The van der Waals surface area contributed by atoms with Gasteiger partial charge in [-0.1, -0.05) is 54.6 Å². The SMILES string of the molecule is C=C1N=C(N2CCC3(CC2)OCc2ccccc23)OC1C(O)c1ccc(Cl)cc1. The van der Waals surface area contributed by atoms with Gasteiger partial charge in [-0.2, -0.15) is 4.99 Å². The topological polar surface area (TPSA) is 54.3 Å². The van der Waals surface area contributed by atoms with Gasteiger partial charge in [-0.05, 0) is 41.7 Å². The third-order valence-corrected chi connectivity index (χ3v) is 6.40. The molecule has 3 aliphatic heterocycles. The number of rotatable bonds is 2. The lowest BCUT2D eigenvalue weighted by molar-refractivity contribution is -0.0735. The Labute approximate surface area is 175 Å². The third-order valence-electron chi connectivity index (χ3n) is 6.15. The first kappa shape index (κ1) is 18.7. The minimum absolute atomic E-state index is 0.203. The summed E-state index contributed by atoms with van der Waals surface area (Å²) in [6, 6.07) is 16.1. The first-order chi connectivity index (χ1) is 14.1. The van der Waals surface area contributed by atoms with E-state index in [0.29, 0.717) is 23.3 Å². The second kappa shape index (κ2) is 7.17. The van der Waals surface area contributed by atoms with Crippen molar-refractivity contribution in [2.45, 2.75) is 37.3 Å². The molecule has 0 aromatic heterocycles. The number of fused-ring (bicyclic) bond motifs is 2. The summed E-state index contributed by atoms with van der Waals surface area (Å²) in [5.41, 5.74) is 3.66. The minimum atomic E-state index is -0.845. The van der Waals surface area contributed by atoms with Crippen LogP contribution in [0.4, 0.5) is 0 Å². The number of nitrogens with zero attached hydrogens (tertiary/aromatic N) is 2. The lowest BCUT2D eigenvalue weighted by atomic mass is 9.84. The van der Waals surface area contributed by atoms with Gasteiger partial charge < -0.3 is 19.5 Å². The van der Waals surface area contributed by atoms with Crippen LogP contribution in [0.15, 0.2) is 65.8 Å². The van der Waals surface area contributed by atoms with E-state index in [1.54, 1.807) is 24.3 Å². The van der Waals surface area contributed by atoms with Crippen molar-refractivity contribution in [1.82, 2.24) is 4.90 Å². The van der Waals surface area contributed by atoms with Crippen molar-refractivity contribution in [1.29, 1.82) is 0 Å². The van der Waals surface area contributed by atoms with Gasteiger partial charge in [-0.25, -0.2) is 0 Å². The highest BCUT2D eigenvalue weighted by Crippen LogP contribution is 2.44. The van der Waals surface area contributed by atoms with Crippen LogP contribution in [-0.4, -0.2) is 35.2 Å². The Morgan fingerprint density at radius 2 is 1.86 bits per heavy atom. The molecule has 0 radical (unpaired) electrons. The van der Waals surface area contributed by atoms with Crippen molar-refractivity contribution in [2.24, 2.45) is 4.99 Å². The number of likely N-dealkylation sites (tertiary alicyclic amines) is 1. The molecule has 2 aromatic rings. The summed E-state index contributed by atoms with van der Waals surface area (Å²) in [5.74, 6) is 0. The maximum atomic E-state index is 10.7. The van der Waals surface area contributed by atoms with E-state index < -0.39 is 12.2 Å². The fourth-order valence-electron chi connectivity index (χ4n) is 4.48. The summed E-state index contributed by atoms with van der Waals surface area (Å²) in [6.07, 6.45) is 0.319. The van der Waals surface area contributed by atoms with Crippen molar-refractivity contribution in [3.05, 3.63) is 82.5 Å². The normalized spacial score (nSPS) is 23.7. The number of piperidine rings is 1. The fraction of sp³-hybridized carbons (Fsp3) is 0.348. The molecule has 5 rings (SSSR count). The Bertz CT molecular complexity index is 964. The third kappa shape index (κ3) is 3.23. The number of amidine groups is 1. The van der Waals surface area contributed by atoms with E-state index >= 15 is 0 Å². The van der Waals surface area contributed by atoms with Gasteiger partial charge in [-0.15, -0.1) is 0 Å². The maximum Gasteiger partial charge on any atom is 0.293 e. The summed E-state index contributed by atoms with van der Waals surface area (Å²) in [5, 5.41) is 11.4. The molecule has 0 bridgehead atoms. The van der Waals surface area contributed by atoms with E-state index in [0.717, 1.165) is 31.5 Å². The van der Waals surface area contributed by atoms with Crippen LogP contribution in [0.5, 0.6) is 0 Å². The molecule has 29 heavy (non-hydrogen) atoms. The van der Waals surface area contributed by atoms with E-state index in [2.05, 4.69) is 40.7 Å². The van der Waals surface area contributed by atoms with E-state index in [1.165, 1.54) is 11.1 Å². The molecule has 150 valence electrons. The lowest BCUT2D eigenvalue weighted by Crippen LogP contribution is -2.45. The van der Waals surface area contributed by atoms with Crippen LogP contribution in [-0.2, 0) is 21.7 Å². The van der Waals surface area contributed by atoms with E-state index in [4.69, 9.17) is 21.1 Å². The molecule has 6 heteroatoms. The van der Waals surface area contributed by atoms with E-state index in [1.807, 2.05) is 0 Å². The Morgan fingerprint density at radius 3 is 2.62 bits per heavy atom. The molecule has 2 unspecified atom stereocenters. The second-order valence-corrected chi connectivity index (χ2v) is 8.28. The molecule has 5 nitrogen and oxygen atoms in total. The van der Waals surface area contributed by atoms with Gasteiger partial charge in [0.05, 0.1) is 17.9 Å². The first-order valence-corrected chi connectivity index (χ1v) is 10.3. The largest absolute Gasteiger partial charge is 0.452 e. The van der Waals surface area contributed by atoms with Crippen molar-refractivity contribution < 1.29 is 14.6 Å². The number of aliphatic imine (C=N–C) groups is 1. The van der Waals surface area contributed by atoms with Crippen molar-refractivity contribution >= 4 is 17.6 Å². The van der Waals surface area contributed by atoms with Crippen LogP contribution in [0.1, 0.15) is 35.6 Å². The van der Waals surface area contributed by atoms with E-state index in [-0.39, 0.29) is 5.60 Å². The predicted octanol–water partition coefficient (Wildman–Crippen LogP) is 4.16. The predicted molar refractivity (Wildman–Crippen MR) is 112 cm³/mol. The van der Waals surface area contributed by atoms with Crippen LogP contribution in [0.3, 0.4) is 0 Å². The van der Waals surface area contributed by atoms with Gasteiger partial charge in [0.25, 0.3) is 6.02 Å². The van der Waals surface area contributed by atoms with Crippen LogP contribution in [0.25, 0.3) is 0 Å². The summed E-state index contributed by atoms with van der Waals surface area (Å²) in [7, 11) is 0. The van der Waals surface area contributed by atoms with Gasteiger partial charge in [0, 0.05) is 18.1 Å². The number of benzene rings is 2. The molecule has 1 spiro atoms. The zero-order chi connectivity index (χ0) is 20.0. The number of hydrogen-bond acceptors (Lipinski definition) is 5. The van der Waals surface area contributed by atoms with Gasteiger partial charge in [0.1, 0.15) is 6.10 Å². The summed E-state index contributed by atoms with van der Waals surface area (Å²) >= 11 is 5.94. The Hall–Kier alpha value is -2.34. The molecule has 2 aromatic carbocycles. The average Bonchev–Trinajstić information content (AvgIpc) is 3.30. The van der Waals surface area contributed by atoms with Gasteiger partial charge in [0.15, 0.2) is 6.10 Å². The number of ether oxygens (including phenoxy) is 2. The molecule has 1 N–H and O–H groups in total. The number of aliphatic hydroxyl groups is 1. The molecule has 3 aliphatic rings. The quantitative estimate of drug-likeness (QED) is 0.807. The monoisotopic (exact) mass is 410 g/mol. The van der Waals surface area contributed by atoms with Gasteiger partial charge >= 0.3 is 0 Å². The molecule has 1 fully saturated rings. The standard InChI is InChI=1S/C23H23ClN2O3/c1-15-21(20(27)16-6-8-18(24)9-7-16)29-22(25-15)26-12-10-23(11-13-26)19-5-3-2-4-17(19)14-28-23/h2-9,20-21,27H,1,10-14H2. The average molecular weight is 411 g/mol. The molecule has 3 heterocycles. The van der Waals surface area contributed by atoms with E-state index in [9.17, 15) is 5.11 Å². The van der Waals surface area contributed by atoms with Crippen molar-refractivity contribution in [3.8, 4) is 0 Å². The summed E-state index contributed by atoms with van der Waals surface area (Å²) < 4.78 is 12.3. The number of hydrogen-bond donors (Lipinski definition) is 1. The van der Waals surface area contributed by atoms with Crippen LogP contribution < -0.4 is 0 Å². The second-order valence-electron chi connectivity index (χ2n) is 7.85. The summed E-state index contributed by atoms with van der Waals surface area (Å²) in [4.78, 5) is 6.64. The Morgan fingerprint density at radius 1 is 1.14 bits per heavy atom. The summed E-state index contributed by atoms with van der Waals surface area (Å²) in [6.45, 7) is 6.24. The molecule has 0 saturated carbocycles. The van der Waals surface area contributed by atoms with Crippen LogP contribution in [0.2, 0.25) is 5.02 Å². The smallest absolute Gasteiger partial charge is 0.293 e. The molecular weight excluding hydrogens is 388 g/mol. The lowest BCUT2D eigenvalue weighted by Gasteiger charge is -2.39. The number of aliphatic hydroxyl groups excluding tert-OH is 1. The highest BCUT2D eigenvalue weighted by atomic mass is 35.5. The molecule has 1 saturated heterocycles. The zero-order valence-corrected chi connectivity index (χ0v) is 16.8. The Kier molecular flexibility index (Phi) is 4.62. The molecule has 0 amide bonds. The van der Waals surface area contributed by atoms with Crippen LogP contribution >= 0.6 is 11.6 Å². The Balaban J connectivity index is 1.26. The van der Waals surface area contributed by atoms with Gasteiger partial charge in [0.2, 0.25) is 0 Å². The molecular formula is C23H23ClN2O3. The first-order valence-electron chi connectivity index (χ1n) is 9.91.